The number of hydrogen-bond acceptors (Lipinski definition) is 2. The van der Waals surface area contributed by atoms with Crippen LogP contribution in [0.25, 0.3) is 0 Å². The predicted molar refractivity (Wildman–Crippen MR) is 41.1 cm³/mol. The summed E-state index contributed by atoms with van der Waals surface area (Å²) in [5.74, 6) is 0. The van der Waals surface area contributed by atoms with E-state index in [1.807, 2.05) is 0 Å². The highest BCUT2D eigenvalue weighted by molar-refractivity contribution is 4.75. The van der Waals surface area contributed by atoms with E-state index in [4.69, 9.17) is 5.11 Å². The highest BCUT2D eigenvalue weighted by Gasteiger charge is 2.11. The molecule has 0 spiro atoms. The highest BCUT2D eigenvalue weighted by Crippen LogP contribution is 2.09. The maximum absolute atomic E-state index is 8.98. The first-order valence-corrected chi connectivity index (χ1v) is 4.03. The van der Waals surface area contributed by atoms with Gasteiger partial charge >= 0.3 is 0 Å². The van der Waals surface area contributed by atoms with Gasteiger partial charge in [0.05, 0.1) is 0 Å². The van der Waals surface area contributed by atoms with Crippen molar-refractivity contribution in [1.82, 2.24) is 4.90 Å². The van der Waals surface area contributed by atoms with E-state index in [1.165, 1.54) is 19.3 Å². The Labute approximate surface area is 62.8 Å². The van der Waals surface area contributed by atoms with Crippen LogP contribution in [0.4, 0.5) is 0 Å². The Morgan fingerprint density at radius 2 is 1.90 bits per heavy atom. The lowest BCUT2D eigenvalue weighted by Gasteiger charge is -2.26. The van der Waals surface area contributed by atoms with E-state index in [0.717, 1.165) is 19.6 Å². The zero-order valence-electron chi connectivity index (χ0n) is 6.64. The lowest BCUT2D eigenvalue weighted by molar-refractivity contribution is 0.179. The largest absolute Gasteiger partial charge is 0.386 e. The molecule has 1 N–H and O–H groups in total. The minimum absolute atomic E-state index is 0.543. The summed E-state index contributed by atoms with van der Waals surface area (Å²) in [6.07, 6.45) is 4.50. The van der Waals surface area contributed by atoms with Crippen molar-refractivity contribution < 1.29 is 5.11 Å². The van der Waals surface area contributed by atoms with Crippen LogP contribution in [0.15, 0.2) is 0 Å². The summed E-state index contributed by atoms with van der Waals surface area (Å²) in [5.41, 5.74) is 0. The van der Waals surface area contributed by atoms with Crippen molar-refractivity contribution in [3.8, 4) is 0 Å². The van der Waals surface area contributed by atoms with Crippen LogP contribution in [0.2, 0.25) is 0 Å². The monoisotopic (exact) mass is 142 g/mol. The molecule has 1 radical (unpaired) electrons. The van der Waals surface area contributed by atoms with E-state index >= 15 is 0 Å². The molecule has 0 bridgehead atoms. The van der Waals surface area contributed by atoms with Crippen LogP contribution in [0, 0.1) is 6.10 Å². The molecule has 1 aliphatic heterocycles. The SMILES string of the molecule is C[C](O)CN1CCCCC1. The Morgan fingerprint density at radius 3 is 2.40 bits per heavy atom. The molecule has 1 rings (SSSR count). The molecule has 0 saturated carbocycles. The van der Waals surface area contributed by atoms with Crippen molar-refractivity contribution in [2.75, 3.05) is 19.6 Å². The fourth-order valence-electron chi connectivity index (χ4n) is 1.44. The Morgan fingerprint density at radius 1 is 1.30 bits per heavy atom. The summed E-state index contributed by atoms with van der Waals surface area (Å²) in [6.45, 7) is 4.88. The van der Waals surface area contributed by atoms with Crippen molar-refractivity contribution in [2.24, 2.45) is 0 Å². The van der Waals surface area contributed by atoms with Crippen LogP contribution in [-0.4, -0.2) is 29.6 Å². The van der Waals surface area contributed by atoms with Gasteiger partial charge in [0.1, 0.15) is 6.10 Å². The molecule has 1 fully saturated rings. The zero-order valence-corrected chi connectivity index (χ0v) is 6.64. The molecule has 1 heterocycles. The lowest BCUT2D eigenvalue weighted by atomic mass is 10.1. The first-order chi connectivity index (χ1) is 4.79. The number of piperidine rings is 1. The number of hydrogen-bond donors (Lipinski definition) is 1. The number of rotatable bonds is 2. The molecule has 0 aliphatic carbocycles. The van der Waals surface area contributed by atoms with Gasteiger partial charge in [-0.2, -0.15) is 0 Å². The molecule has 0 unspecified atom stereocenters. The molecule has 2 heteroatoms. The van der Waals surface area contributed by atoms with Gasteiger partial charge < -0.3 is 10.0 Å². The number of aliphatic hydroxyl groups excluding tert-OH is 1. The summed E-state index contributed by atoms with van der Waals surface area (Å²) in [5, 5.41) is 8.98. The van der Waals surface area contributed by atoms with Crippen LogP contribution in [0.3, 0.4) is 0 Å². The molecule has 0 amide bonds. The maximum atomic E-state index is 8.98. The van der Waals surface area contributed by atoms with E-state index in [-0.39, 0.29) is 0 Å². The second-order valence-electron chi connectivity index (χ2n) is 3.07. The quantitative estimate of drug-likeness (QED) is 0.630. The molecular weight excluding hydrogens is 126 g/mol. The third-order valence-corrected chi connectivity index (χ3v) is 1.90. The first-order valence-electron chi connectivity index (χ1n) is 4.03. The van der Waals surface area contributed by atoms with Gasteiger partial charge in [0.25, 0.3) is 0 Å². The summed E-state index contributed by atoms with van der Waals surface area (Å²) < 4.78 is 0. The van der Waals surface area contributed by atoms with Gasteiger partial charge in [-0.3, -0.25) is 0 Å². The summed E-state index contributed by atoms with van der Waals surface area (Å²) in [4.78, 5) is 2.30. The molecule has 59 valence electrons. The second-order valence-corrected chi connectivity index (χ2v) is 3.07. The topological polar surface area (TPSA) is 23.5 Å². The van der Waals surface area contributed by atoms with Crippen LogP contribution in [0.1, 0.15) is 26.2 Å². The molecule has 1 aliphatic rings. The third-order valence-electron chi connectivity index (χ3n) is 1.90. The maximum Gasteiger partial charge on any atom is 0.104 e. The van der Waals surface area contributed by atoms with Gasteiger partial charge in [-0.25, -0.2) is 0 Å². The van der Waals surface area contributed by atoms with E-state index in [9.17, 15) is 0 Å². The molecule has 10 heavy (non-hydrogen) atoms. The summed E-state index contributed by atoms with van der Waals surface area (Å²) in [7, 11) is 0. The smallest absolute Gasteiger partial charge is 0.104 e. The molecule has 1 saturated heterocycles. The molecule has 0 aromatic carbocycles. The highest BCUT2D eigenvalue weighted by atomic mass is 16.3. The van der Waals surface area contributed by atoms with Crippen molar-refractivity contribution in [1.29, 1.82) is 0 Å². The van der Waals surface area contributed by atoms with Gasteiger partial charge in [-0.15, -0.1) is 0 Å². The van der Waals surface area contributed by atoms with Crippen molar-refractivity contribution in [2.45, 2.75) is 26.2 Å². The molecule has 0 atom stereocenters. The lowest BCUT2D eigenvalue weighted by Crippen LogP contribution is -2.32. The molecular formula is C8H16NO. The van der Waals surface area contributed by atoms with E-state index < -0.39 is 0 Å². The van der Waals surface area contributed by atoms with Crippen LogP contribution < -0.4 is 0 Å². The molecule has 0 aromatic rings. The summed E-state index contributed by atoms with van der Waals surface area (Å²) >= 11 is 0. The van der Waals surface area contributed by atoms with Gasteiger partial charge in [0.15, 0.2) is 0 Å². The Bertz CT molecular complexity index is 87.3. The van der Waals surface area contributed by atoms with E-state index in [1.54, 1.807) is 6.92 Å². The van der Waals surface area contributed by atoms with Gasteiger partial charge in [-0.1, -0.05) is 6.42 Å². The Balaban J connectivity index is 2.13. The van der Waals surface area contributed by atoms with Crippen molar-refractivity contribution >= 4 is 0 Å². The first kappa shape index (κ1) is 8.02. The fraction of sp³-hybridized carbons (Fsp3) is 0.875. The second kappa shape index (κ2) is 3.94. The number of likely N-dealkylation sites (tertiary alicyclic amines) is 1. The Hall–Kier alpha value is -0.0800. The van der Waals surface area contributed by atoms with Crippen molar-refractivity contribution in [3.63, 3.8) is 0 Å². The minimum Gasteiger partial charge on any atom is -0.386 e. The van der Waals surface area contributed by atoms with Gasteiger partial charge in [0, 0.05) is 6.54 Å². The van der Waals surface area contributed by atoms with Crippen LogP contribution in [0.5, 0.6) is 0 Å². The van der Waals surface area contributed by atoms with Crippen molar-refractivity contribution in [3.05, 3.63) is 6.10 Å². The normalized spacial score (nSPS) is 21.9. The zero-order chi connectivity index (χ0) is 7.40. The predicted octanol–water partition coefficient (Wildman–Crippen LogP) is 1.40. The van der Waals surface area contributed by atoms with Crippen LogP contribution >= 0.6 is 0 Å². The van der Waals surface area contributed by atoms with Crippen LogP contribution in [-0.2, 0) is 0 Å². The Kier molecular flexibility index (Phi) is 3.16. The molecule has 0 aromatic heterocycles. The number of aliphatic hydroxyl groups is 1. The van der Waals surface area contributed by atoms with E-state index in [0.29, 0.717) is 6.10 Å². The van der Waals surface area contributed by atoms with Gasteiger partial charge in [0.2, 0.25) is 0 Å². The fourth-order valence-corrected chi connectivity index (χ4v) is 1.44. The average Bonchev–Trinajstić information content (AvgIpc) is 1.88. The van der Waals surface area contributed by atoms with E-state index in [2.05, 4.69) is 4.90 Å². The minimum atomic E-state index is 0.543. The third kappa shape index (κ3) is 2.67. The molecule has 2 nitrogen and oxygen atoms in total. The standard InChI is InChI=1S/C8H16NO/c1-8(10)7-9-5-3-2-4-6-9/h10H,2-7H2,1H3. The summed E-state index contributed by atoms with van der Waals surface area (Å²) in [6, 6.07) is 0. The average molecular weight is 142 g/mol. The number of nitrogens with zero attached hydrogens (tertiary/aromatic N) is 1. The van der Waals surface area contributed by atoms with Gasteiger partial charge in [-0.05, 0) is 32.9 Å².